The van der Waals surface area contributed by atoms with Crippen LogP contribution in [0.2, 0.25) is 0 Å². The van der Waals surface area contributed by atoms with Crippen LogP contribution >= 0.6 is 11.3 Å². The molecule has 2 aromatic rings. The second kappa shape index (κ2) is 6.29. The standard InChI is InChI=1S/C13H15N3O2S/c1-3-18-12(17)11-8-19-13(16-11)15-9(2)10-5-4-6-14-7-10/h4-9H,3H2,1-2H3,(H,15,16). The van der Waals surface area contributed by atoms with Crippen LogP contribution in [0, 0.1) is 0 Å². The van der Waals surface area contributed by atoms with Crippen LogP contribution in [0.4, 0.5) is 5.13 Å². The van der Waals surface area contributed by atoms with Crippen LogP contribution in [0.25, 0.3) is 0 Å². The molecule has 0 fully saturated rings. The second-order valence-electron chi connectivity index (χ2n) is 3.91. The van der Waals surface area contributed by atoms with Gasteiger partial charge in [-0.3, -0.25) is 4.98 Å². The van der Waals surface area contributed by atoms with E-state index in [0.29, 0.717) is 17.4 Å². The Morgan fingerprint density at radius 1 is 1.58 bits per heavy atom. The number of ether oxygens (including phenoxy) is 1. The summed E-state index contributed by atoms with van der Waals surface area (Å²) in [4.78, 5) is 19.8. The van der Waals surface area contributed by atoms with Crippen molar-refractivity contribution in [2.24, 2.45) is 0 Å². The van der Waals surface area contributed by atoms with Gasteiger partial charge in [0.1, 0.15) is 0 Å². The molecular formula is C13H15N3O2S. The van der Waals surface area contributed by atoms with Crippen LogP contribution in [-0.2, 0) is 4.74 Å². The average molecular weight is 277 g/mol. The molecule has 19 heavy (non-hydrogen) atoms. The van der Waals surface area contributed by atoms with Gasteiger partial charge in [0.2, 0.25) is 0 Å². The molecule has 0 saturated heterocycles. The first kappa shape index (κ1) is 13.5. The van der Waals surface area contributed by atoms with Gasteiger partial charge >= 0.3 is 5.97 Å². The summed E-state index contributed by atoms with van der Waals surface area (Å²) in [5.41, 5.74) is 1.41. The number of anilines is 1. The summed E-state index contributed by atoms with van der Waals surface area (Å²) in [6, 6.07) is 3.96. The number of carbonyl (C=O) groups excluding carboxylic acids is 1. The number of pyridine rings is 1. The largest absolute Gasteiger partial charge is 0.461 e. The normalized spacial score (nSPS) is 11.9. The zero-order chi connectivity index (χ0) is 13.7. The molecule has 2 aromatic heterocycles. The minimum atomic E-state index is -0.388. The third kappa shape index (κ3) is 3.51. The lowest BCUT2D eigenvalue weighted by atomic mass is 10.1. The van der Waals surface area contributed by atoms with Crippen LogP contribution < -0.4 is 5.32 Å². The first-order valence-corrected chi connectivity index (χ1v) is 6.87. The van der Waals surface area contributed by atoms with Gasteiger partial charge in [-0.2, -0.15) is 0 Å². The topological polar surface area (TPSA) is 64.1 Å². The maximum absolute atomic E-state index is 11.5. The Labute approximate surface area is 115 Å². The Morgan fingerprint density at radius 2 is 2.42 bits per heavy atom. The Morgan fingerprint density at radius 3 is 3.11 bits per heavy atom. The van der Waals surface area contributed by atoms with Crippen LogP contribution in [0.5, 0.6) is 0 Å². The summed E-state index contributed by atoms with van der Waals surface area (Å²) in [6.45, 7) is 4.14. The molecule has 0 aliphatic heterocycles. The van der Waals surface area contributed by atoms with Gasteiger partial charge in [-0.05, 0) is 25.5 Å². The summed E-state index contributed by atoms with van der Waals surface area (Å²) in [6.07, 6.45) is 3.54. The zero-order valence-corrected chi connectivity index (χ0v) is 11.6. The molecule has 1 atom stereocenters. The van der Waals surface area contributed by atoms with Gasteiger partial charge in [-0.1, -0.05) is 6.07 Å². The Hall–Kier alpha value is -1.95. The summed E-state index contributed by atoms with van der Waals surface area (Å²) < 4.78 is 4.90. The molecule has 0 aliphatic rings. The van der Waals surface area contributed by atoms with Crippen LogP contribution in [0.15, 0.2) is 29.9 Å². The SMILES string of the molecule is CCOC(=O)c1csc(NC(C)c2cccnc2)n1. The maximum atomic E-state index is 11.5. The Bertz CT molecular complexity index is 542. The van der Waals surface area contributed by atoms with Crippen LogP contribution in [0.3, 0.4) is 0 Å². The lowest BCUT2D eigenvalue weighted by Crippen LogP contribution is -2.08. The van der Waals surface area contributed by atoms with E-state index in [4.69, 9.17) is 4.74 Å². The van der Waals surface area contributed by atoms with E-state index in [-0.39, 0.29) is 12.0 Å². The molecule has 1 unspecified atom stereocenters. The van der Waals surface area contributed by atoms with Crippen molar-refractivity contribution >= 4 is 22.4 Å². The van der Waals surface area contributed by atoms with E-state index in [1.165, 1.54) is 11.3 Å². The zero-order valence-electron chi connectivity index (χ0n) is 10.8. The molecule has 0 saturated carbocycles. The number of thiazole rings is 1. The van der Waals surface area contributed by atoms with Crippen molar-refractivity contribution in [3.8, 4) is 0 Å². The molecule has 0 bridgehead atoms. The highest BCUT2D eigenvalue weighted by Crippen LogP contribution is 2.22. The quantitative estimate of drug-likeness (QED) is 0.851. The van der Waals surface area contributed by atoms with Gasteiger partial charge in [-0.25, -0.2) is 9.78 Å². The smallest absolute Gasteiger partial charge is 0.357 e. The number of esters is 1. The van der Waals surface area contributed by atoms with Crippen molar-refractivity contribution in [1.82, 2.24) is 9.97 Å². The van der Waals surface area contributed by atoms with Gasteiger partial charge in [0.05, 0.1) is 12.6 Å². The summed E-state index contributed by atoms with van der Waals surface area (Å²) in [5.74, 6) is -0.388. The lowest BCUT2D eigenvalue weighted by molar-refractivity contribution is 0.0520. The fraction of sp³-hybridized carbons (Fsp3) is 0.308. The predicted octanol–water partition coefficient (Wildman–Crippen LogP) is 2.89. The first-order chi connectivity index (χ1) is 9.20. The Kier molecular flexibility index (Phi) is 4.46. The summed E-state index contributed by atoms with van der Waals surface area (Å²) in [5, 5.41) is 5.62. The number of nitrogens with zero attached hydrogens (tertiary/aromatic N) is 2. The van der Waals surface area contributed by atoms with Crippen molar-refractivity contribution in [2.45, 2.75) is 19.9 Å². The highest BCUT2D eigenvalue weighted by atomic mass is 32.1. The molecule has 0 aromatic carbocycles. The minimum Gasteiger partial charge on any atom is -0.461 e. The van der Waals surface area contributed by atoms with Crippen molar-refractivity contribution < 1.29 is 9.53 Å². The van der Waals surface area contributed by atoms with Crippen molar-refractivity contribution in [1.29, 1.82) is 0 Å². The van der Waals surface area contributed by atoms with E-state index in [2.05, 4.69) is 15.3 Å². The molecule has 1 N–H and O–H groups in total. The van der Waals surface area contributed by atoms with Gasteiger partial charge < -0.3 is 10.1 Å². The minimum absolute atomic E-state index is 0.0786. The molecule has 2 heterocycles. The van der Waals surface area contributed by atoms with Crippen molar-refractivity contribution in [3.63, 3.8) is 0 Å². The van der Waals surface area contributed by atoms with Crippen LogP contribution in [0.1, 0.15) is 35.9 Å². The van der Waals surface area contributed by atoms with Gasteiger partial charge in [0, 0.05) is 17.8 Å². The molecule has 6 heteroatoms. The van der Waals surface area contributed by atoms with Crippen LogP contribution in [-0.4, -0.2) is 22.5 Å². The fourth-order valence-electron chi connectivity index (χ4n) is 1.54. The Balaban J connectivity index is 2.02. The lowest BCUT2D eigenvalue weighted by Gasteiger charge is -2.12. The molecule has 0 aliphatic carbocycles. The van der Waals surface area contributed by atoms with Crippen molar-refractivity contribution in [3.05, 3.63) is 41.2 Å². The molecule has 0 amide bonds. The summed E-state index contributed by atoms with van der Waals surface area (Å²) >= 11 is 1.38. The average Bonchev–Trinajstić information content (AvgIpc) is 2.88. The van der Waals surface area contributed by atoms with E-state index >= 15 is 0 Å². The fourth-order valence-corrected chi connectivity index (χ4v) is 2.31. The second-order valence-corrected chi connectivity index (χ2v) is 4.77. The van der Waals surface area contributed by atoms with Gasteiger partial charge in [-0.15, -0.1) is 11.3 Å². The number of rotatable bonds is 5. The maximum Gasteiger partial charge on any atom is 0.357 e. The third-order valence-electron chi connectivity index (χ3n) is 2.51. The van der Waals surface area contributed by atoms with Gasteiger partial charge in [0.15, 0.2) is 10.8 Å². The van der Waals surface area contributed by atoms with Crippen molar-refractivity contribution in [2.75, 3.05) is 11.9 Å². The van der Waals surface area contributed by atoms with E-state index in [0.717, 1.165) is 5.56 Å². The molecule has 100 valence electrons. The van der Waals surface area contributed by atoms with Gasteiger partial charge in [0.25, 0.3) is 0 Å². The number of carbonyl (C=O) groups is 1. The monoisotopic (exact) mass is 277 g/mol. The molecule has 0 radical (unpaired) electrons. The third-order valence-corrected chi connectivity index (χ3v) is 3.29. The molecule has 2 rings (SSSR count). The predicted molar refractivity (Wildman–Crippen MR) is 74.3 cm³/mol. The first-order valence-electron chi connectivity index (χ1n) is 5.99. The number of nitrogens with one attached hydrogen (secondary N) is 1. The summed E-state index contributed by atoms with van der Waals surface area (Å²) in [7, 11) is 0. The molecule has 0 spiro atoms. The number of hydrogen-bond donors (Lipinski definition) is 1. The molecular weight excluding hydrogens is 262 g/mol. The molecule has 5 nitrogen and oxygen atoms in total. The van der Waals surface area contributed by atoms with E-state index in [1.54, 1.807) is 24.7 Å². The highest BCUT2D eigenvalue weighted by Gasteiger charge is 2.13. The van der Waals surface area contributed by atoms with E-state index in [9.17, 15) is 4.79 Å². The number of aromatic nitrogens is 2. The number of hydrogen-bond acceptors (Lipinski definition) is 6. The highest BCUT2D eigenvalue weighted by molar-refractivity contribution is 7.13. The van der Waals surface area contributed by atoms with E-state index < -0.39 is 0 Å². The van der Waals surface area contributed by atoms with E-state index in [1.807, 2.05) is 19.1 Å².